The Bertz CT molecular complexity index is 1070. The Kier molecular flexibility index (Phi) is 5.41. The predicted octanol–water partition coefficient (Wildman–Crippen LogP) is 3.87. The van der Waals surface area contributed by atoms with Gasteiger partial charge in [0.15, 0.2) is 0 Å². The van der Waals surface area contributed by atoms with E-state index in [0.717, 1.165) is 28.7 Å². The van der Waals surface area contributed by atoms with Crippen molar-refractivity contribution < 1.29 is 18.7 Å². The van der Waals surface area contributed by atoms with Crippen molar-refractivity contribution in [3.8, 4) is 17.5 Å². The third kappa shape index (κ3) is 3.71. The molecule has 0 fully saturated rings. The average Bonchev–Trinajstić information content (AvgIpc) is 3.00. The smallest absolute Gasteiger partial charge is 0.341 e. The molecule has 0 spiro atoms. The highest BCUT2D eigenvalue weighted by Gasteiger charge is 2.17. The minimum absolute atomic E-state index is 0.0253. The first-order valence-electron chi connectivity index (χ1n) is 8.51. The van der Waals surface area contributed by atoms with E-state index in [1.54, 1.807) is 16.8 Å². The van der Waals surface area contributed by atoms with E-state index in [2.05, 4.69) is 15.9 Å². The Morgan fingerprint density at radius 1 is 1.21 bits per heavy atom. The van der Waals surface area contributed by atoms with Gasteiger partial charge in [0, 0.05) is 11.3 Å². The third-order valence-electron chi connectivity index (χ3n) is 4.40. The number of halogens is 1. The van der Waals surface area contributed by atoms with E-state index in [1.807, 2.05) is 26.0 Å². The fourth-order valence-electron chi connectivity index (χ4n) is 2.86. The second kappa shape index (κ2) is 7.92. The minimum Gasteiger partial charge on any atom is -0.488 e. The van der Waals surface area contributed by atoms with Crippen LogP contribution >= 0.6 is 0 Å². The lowest BCUT2D eigenvalue weighted by Gasteiger charge is -2.11. The van der Waals surface area contributed by atoms with Crippen LogP contribution in [-0.4, -0.2) is 22.9 Å². The SMILES string of the molecule is COC(=O)c1cc(F)ccc1OCc1c(C)nn(-c2ccc(C#N)cc2)c1C. The Morgan fingerprint density at radius 3 is 2.57 bits per heavy atom. The van der Waals surface area contributed by atoms with E-state index in [9.17, 15) is 9.18 Å². The number of methoxy groups -OCH3 is 1. The van der Waals surface area contributed by atoms with Crippen LogP contribution in [0.2, 0.25) is 0 Å². The van der Waals surface area contributed by atoms with Crippen molar-refractivity contribution >= 4 is 5.97 Å². The maximum atomic E-state index is 13.5. The number of ether oxygens (including phenoxy) is 2. The van der Waals surface area contributed by atoms with Gasteiger partial charge in [0.25, 0.3) is 0 Å². The Hall–Kier alpha value is -3.66. The van der Waals surface area contributed by atoms with Gasteiger partial charge in [-0.1, -0.05) is 0 Å². The minimum atomic E-state index is -0.670. The van der Waals surface area contributed by atoms with E-state index >= 15 is 0 Å². The average molecular weight is 379 g/mol. The molecule has 142 valence electrons. The van der Waals surface area contributed by atoms with Crippen LogP contribution in [0.25, 0.3) is 5.69 Å². The van der Waals surface area contributed by atoms with Gasteiger partial charge in [0.05, 0.1) is 30.1 Å². The van der Waals surface area contributed by atoms with Crippen LogP contribution in [0.4, 0.5) is 4.39 Å². The summed E-state index contributed by atoms with van der Waals surface area (Å²) in [5.41, 5.74) is 3.90. The summed E-state index contributed by atoms with van der Waals surface area (Å²) in [6.45, 7) is 3.92. The molecule has 0 aliphatic carbocycles. The number of carbonyl (C=O) groups excluding carboxylic acids is 1. The monoisotopic (exact) mass is 379 g/mol. The van der Waals surface area contributed by atoms with Crippen molar-refractivity contribution in [1.82, 2.24) is 9.78 Å². The van der Waals surface area contributed by atoms with Gasteiger partial charge < -0.3 is 9.47 Å². The molecule has 1 aromatic heterocycles. The molecule has 1 heterocycles. The molecule has 2 aromatic carbocycles. The number of esters is 1. The number of nitrogens with zero attached hydrogens (tertiary/aromatic N) is 3. The van der Waals surface area contributed by atoms with Crippen LogP contribution in [0.5, 0.6) is 5.75 Å². The fraction of sp³-hybridized carbons (Fsp3) is 0.190. The van der Waals surface area contributed by atoms with Crippen molar-refractivity contribution in [2.24, 2.45) is 0 Å². The number of carbonyl (C=O) groups is 1. The zero-order valence-electron chi connectivity index (χ0n) is 15.7. The van der Waals surface area contributed by atoms with E-state index in [1.165, 1.54) is 19.2 Å². The first-order valence-corrected chi connectivity index (χ1v) is 8.51. The normalized spacial score (nSPS) is 10.4. The maximum Gasteiger partial charge on any atom is 0.341 e. The van der Waals surface area contributed by atoms with E-state index in [4.69, 9.17) is 10.00 Å². The van der Waals surface area contributed by atoms with E-state index in [0.29, 0.717) is 5.56 Å². The van der Waals surface area contributed by atoms with Gasteiger partial charge >= 0.3 is 5.97 Å². The molecule has 0 saturated carbocycles. The molecule has 7 heteroatoms. The highest BCUT2D eigenvalue weighted by atomic mass is 19.1. The van der Waals surface area contributed by atoms with Gasteiger partial charge in [-0.25, -0.2) is 13.9 Å². The second-order valence-corrected chi connectivity index (χ2v) is 6.14. The first kappa shape index (κ1) is 19.1. The summed E-state index contributed by atoms with van der Waals surface area (Å²) in [4.78, 5) is 11.9. The van der Waals surface area contributed by atoms with Crippen molar-refractivity contribution in [3.05, 3.63) is 76.4 Å². The van der Waals surface area contributed by atoms with Crippen LogP contribution in [0.3, 0.4) is 0 Å². The lowest BCUT2D eigenvalue weighted by atomic mass is 10.2. The van der Waals surface area contributed by atoms with Gasteiger partial charge in [0.2, 0.25) is 0 Å². The van der Waals surface area contributed by atoms with Crippen LogP contribution in [0.15, 0.2) is 42.5 Å². The van der Waals surface area contributed by atoms with Crippen molar-refractivity contribution in [2.75, 3.05) is 7.11 Å². The quantitative estimate of drug-likeness (QED) is 0.629. The largest absolute Gasteiger partial charge is 0.488 e. The Balaban J connectivity index is 1.87. The molecular weight excluding hydrogens is 361 g/mol. The molecule has 0 atom stereocenters. The molecule has 0 radical (unpaired) electrons. The number of hydrogen-bond donors (Lipinski definition) is 0. The lowest BCUT2D eigenvalue weighted by molar-refractivity contribution is 0.0595. The standard InChI is InChI=1S/C21H18FN3O3/c1-13-19(12-28-20-9-6-16(22)10-18(20)21(26)27-3)14(2)25(24-13)17-7-4-15(11-23)5-8-17/h4-10H,12H2,1-3H3. The van der Waals surface area contributed by atoms with Crippen LogP contribution < -0.4 is 4.74 Å². The number of hydrogen-bond acceptors (Lipinski definition) is 5. The molecular formula is C21H18FN3O3. The summed E-state index contributed by atoms with van der Waals surface area (Å²) in [6.07, 6.45) is 0. The zero-order chi connectivity index (χ0) is 20.3. The molecule has 0 aliphatic rings. The van der Waals surface area contributed by atoms with Gasteiger partial charge in [-0.05, 0) is 56.3 Å². The van der Waals surface area contributed by atoms with Gasteiger partial charge in [-0.15, -0.1) is 0 Å². The number of aryl methyl sites for hydroxylation is 1. The van der Waals surface area contributed by atoms with Crippen LogP contribution in [-0.2, 0) is 11.3 Å². The summed E-state index contributed by atoms with van der Waals surface area (Å²) in [7, 11) is 1.23. The Morgan fingerprint density at radius 2 is 1.93 bits per heavy atom. The molecule has 0 unspecified atom stereocenters. The summed E-state index contributed by atoms with van der Waals surface area (Å²) in [5.74, 6) is -0.983. The third-order valence-corrected chi connectivity index (χ3v) is 4.40. The summed E-state index contributed by atoms with van der Waals surface area (Å²) < 4.78 is 25.7. The molecule has 28 heavy (non-hydrogen) atoms. The molecule has 0 bridgehead atoms. The van der Waals surface area contributed by atoms with E-state index < -0.39 is 11.8 Å². The predicted molar refractivity (Wildman–Crippen MR) is 99.8 cm³/mol. The van der Waals surface area contributed by atoms with Crippen molar-refractivity contribution in [1.29, 1.82) is 5.26 Å². The molecule has 0 amide bonds. The number of nitriles is 1. The van der Waals surface area contributed by atoms with Crippen LogP contribution in [0, 0.1) is 31.0 Å². The molecule has 0 aliphatic heterocycles. The highest BCUT2D eigenvalue weighted by molar-refractivity contribution is 5.92. The maximum absolute atomic E-state index is 13.5. The summed E-state index contributed by atoms with van der Waals surface area (Å²) >= 11 is 0. The number of rotatable bonds is 5. The molecule has 0 N–H and O–H groups in total. The first-order chi connectivity index (χ1) is 13.4. The summed E-state index contributed by atoms with van der Waals surface area (Å²) in [6, 6.07) is 12.9. The molecule has 0 saturated heterocycles. The Labute approximate surface area is 161 Å². The molecule has 6 nitrogen and oxygen atoms in total. The number of benzene rings is 2. The van der Waals surface area contributed by atoms with Gasteiger partial charge in [-0.2, -0.15) is 10.4 Å². The lowest BCUT2D eigenvalue weighted by Crippen LogP contribution is -2.07. The molecule has 3 rings (SSSR count). The van der Waals surface area contributed by atoms with Crippen LogP contribution in [0.1, 0.15) is 32.9 Å². The van der Waals surface area contributed by atoms with Crippen molar-refractivity contribution in [2.45, 2.75) is 20.5 Å². The summed E-state index contributed by atoms with van der Waals surface area (Å²) in [5, 5.41) is 13.5. The van der Waals surface area contributed by atoms with Crippen molar-refractivity contribution in [3.63, 3.8) is 0 Å². The topological polar surface area (TPSA) is 77.1 Å². The number of aromatic nitrogens is 2. The second-order valence-electron chi connectivity index (χ2n) is 6.14. The molecule has 3 aromatic rings. The zero-order valence-corrected chi connectivity index (χ0v) is 15.7. The van der Waals surface area contributed by atoms with Gasteiger partial charge in [-0.3, -0.25) is 0 Å². The van der Waals surface area contributed by atoms with E-state index in [-0.39, 0.29) is 17.9 Å². The highest BCUT2D eigenvalue weighted by Crippen LogP contribution is 2.24. The van der Waals surface area contributed by atoms with Gasteiger partial charge in [0.1, 0.15) is 23.7 Å². The fourth-order valence-corrected chi connectivity index (χ4v) is 2.86.